The van der Waals surface area contributed by atoms with Crippen LogP contribution in [0.2, 0.25) is 0 Å². The van der Waals surface area contributed by atoms with Crippen LogP contribution >= 0.6 is 0 Å². The van der Waals surface area contributed by atoms with Gasteiger partial charge in [-0.1, -0.05) is 13.8 Å². The van der Waals surface area contributed by atoms with Gasteiger partial charge in [0, 0.05) is 6.20 Å². The zero-order valence-corrected chi connectivity index (χ0v) is 8.66. The molecule has 3 N–H and O–H groups in total. The lowest BCUT2D eigenvalue weighted by atomic mass is 10.0. The predicted octanol–water partition coefficient (Wildman–Crippen LogP) is 0.592. The normalized spacial score (nSPS) is 12.9. The fourth-order valence-electron chi connectivity index (χ4n) is 1.31. The Morgan fingerprint density at radius 2 is 2.29 bits per heavy atom. The molecule has 5 heteroatoms. The van der Waals surface area contributed by atoms with E-state index in [0.717, 1.165) is 0 Å². The molecule has 78 valence electrons. The van der Waals surface area contributed by atoms with Crippen molar-refractivity contribution in [2.24, 2.45) is 5.92 Å². The van der Waals surface area contributed by atoms with Crippen LogP contribution in [0.25, 0.3) is 0 Å². The molecule has 0 bridgehead atoms. The Balaban J connectivity index is 2.56. The first-order valence-electron chi connectivity index (χ1n) is 4.62. The van der Waals surface area contributed by atoms with Gasteiger partial charge in [0.25, 0.3) is 0 Å². The summed E-state index contributed by atoms with van der Waals surface area (Å²) in [4.78, 5) is 11.7. The number of H-pyrrole nitrogens is 1. The summed E-state index contributed by atoms with van der Waals surface area (Å²) in [5.74, 6) is 0.218. The molecule has 1 unspecified atom stereocenters. The van der Waals surface area contributed by atoms with E-state index in [1.165, 1.54) is 0 Å². The first-order chi connectivity index (χ1) is 6.65. The van der Waals surface area contributed by atoms with E-state index in [-0.39, 0.29) is 17.9 Å². The van der Waals surface area contributed by atoms with Gasteiger partial charge >= 0.3 is 0 Å². The van der Waals surface area contributed by atoms with E-state index in [0.29, 0.717) is 5.69 Å². The second-order valence-electron chi connectivity index (χ2n) is 3.49. The maximum absolute atomic E-state index is 11.7. The second-order valence-corrected chi connectivity index (χ2v) is 3.49. The van der Waals surface area contributed by atoms with Gasteiger partial charge in [0.15, 0.2) is 0 Å². The molecule has 0 aliphatic rings. The molecule has 1 aromatic rings. The molecule has 1 rings (SSSR count). The lowest BCUT2D eigenvalue weighted by Gasteiger charge is -2.18. The summed E-state index contributed by atoms with van der Waals surface area (Å²) < 4.78 is 0. The van der Waals surface area contributed by atoms with Crippen molar-refractivity contribution in [1.29, 1.82) is 0 Å². The zero-order valence-electron chi connectivity index (χ0n) is 8.66. The molecule has 0 aliphatic heterocycles. The highest BCUT2D eigenvalue weighted by atomic mass is 16.2. The summed E-state index contributed by atoms with van der Waals surface area (Å²) in [6, 6.07) is -0.176. The predicted molar refractivity (Wildman–Crippen MR) is 54.9 cm³/mol. The van der Waals surface area contributed by atoms with Gasteiger partial charge in [0.05, 0.1) is 17.9 Å². The van der Waals surface area contributed by atoms with Crippen LogP contribution in [0.4, 0.5) is 5.69 Å². The van der Waals surface area contributed by atoms with Gasteiger partial charge in [0.1, 0.15) is 0 Å². The summed E-state index contributed by atoms with van der Waals surface area (Å²) in [6.45, 7) is 3.99. The molecule has 1 amide bonds. The molecule has 0 spiro atoms. The minimum atomic E-state index is -0.176. The summed E-state index contributed by atoms with van der Waals surface area (Å²) in [7, 11) is 1.78. The van der Waals surface area contributed by atoms with E-state index in [4.69, 9.17) is 0 Å². The van der Waals surface area contributed by atoms with Crippen LogP contribution in [0.15, 0.2) is 12.4 Å². The smallest absolute Gasteiger partial charge is 0.241 e. The standard InChI is InChI=1S/C9H16N4O/c1-6(2)8(10-3)9(14)13-7-4-11-12-5-7/h4-6,8,10H,1-3H3,(H,11,12)(H,13,14). The summed E-state index contributed by atoms with van der Waals surface area (Å²) >= 11 is 0. The number of rotatable bonds is 4. The number of hydrogen-bond acceptors (Lipinski definition) is 3. The number of carbonyl (C=O) groups is 1. The number of amides is 1. The molecule has 0 aliphatic carbocycles. The molecule has 0 saturated carbocycles. The largest absolute Gasteiger partial charge is 0.322 e. The van der Waals surface area contributed by atoms with E-state index in [1.807, 2.05) is 13.8 Å². The van der Waals surface area contributed by atoms with Crippen molar-refractivity contribution in [3.05, 3.63) is 12.4 Å². The average Bonchev–Trinajstić information content (AvgIpc) is 2.57. The van der Waals surface area contributed by atoms with Crippen LogP contribution in [0.3, 0.4) is 0 Å². The molecule has 5 nitrogen and oxygen atoms in total. The van der Waals surface area contributed by atoms with Gasteiger partial charge in [-0.2, -0.15) is 5.10 Å². The third-order valence-electron chi connectivity index (χ3n) is 2.03. The highest BCUT2D eigenvalue weighted by Gasteiger charge is 2.19. The number of nitrogens with one attached hydrogen (secondary N) is 3. The maximum atomic E-state index is 11.7. The molecule has 1 atom stereocenters. The molecule has 0 aromatic carbocycles. The summed E-state index contributed by atoms with van der Waals surface area (Å²) in [5.41, 5.74) is 0.691. The Bertz CT molecular complexity index is 281. The first kappa shape index (κ1) is 10.7. The monoisotopic (exact) mass is 196 g/mol. The fraction of sp³-hybridized carbons (Fsp3) is 0.556. The molecule has 14 heavy (non-hydrogen) atoms. The van der Waals surface area contributed by atoms with Gasteiger partial charge in [-0.25, -0.2) is 0 Å². The Labute approximate surface area is 83.3 Å². The number of nitrogens with zero attached hydrogens (tertiary/aromatic N) is 1. The quantitative estimate of drug-likeness (QED) is 0.660. The molecule has 0 saturated heterocycles. The summed E-state index contributed by atoms with van der Waals surface area (Å²) in [6.07, 6.45) is 3.22. The number of likely N-dealkylation sites (N-methyl/N-ethyl adjacent to an activating group) is 1. The Morgan fingerprint density at radius 1 is 1.57 bits per heavy atom. The van der Waals surface area contributed by atoms with Crippen LogP contribution in [0, 0.1) is 5.92 Å². The highest BCUT2D eigenvalue weighted by molar-refractivity contribution is 5.94. The van der Waals surface area contributed by atoms with Crippen LogP contribution in [0.5, 0.6) is 0 Å². The first-order valence-corrected chi connectivity index (χ1v) is 4.62. The van der Waals surface area contributed by atoms with Crippen LogP contribution in [0.1, 0.15) is 13.8 Å². The van der Waals surface area contributed by atoms with Crippen molar-refractivity contribution >= 4 is 11.6 Å². The highest BCUT2D eigenvalue weighted by Crippen LogP contribution is 2.06. The Hall–Kier alpha value is -1.36. The number of aromatic nitrogens is 2. The fourth-order valence-corrected chi connectivity index (χ4v) is 1.31. The van der Waals surface area contributed by atoms with Gasteiger partial charge in [-0.15, -0.1) is 0 Å². The third-order valence-corrected chi connectivity index (χ3v) is 2.03. The maximum Gasteiger partial charge on any atom is 0.241 e. The van der Waals surface area contributed by atoms with Crippen molar-refractivity contribution in [2.75, 3.05) is 12.4 Å². The van der Waals surface area contributed by atoms with Gasteiger partial charge in [-0.3, -0.25) is 9.89 Å². The number of anilines is 1. The lowest BCUT2D eigenvalue weighted by Crippen LogP contribution is -2.42. The van der Waals surface area contributed by atoms with Gasteiger partial charge < -0.3 is 10.6 Å². The summed E-state index contributed by atoms with van der Waals surface area (Å²) in [5, 5.41) is 12.1. The average molecular weight is 196 g/mol. The van der Waals surface area contributed by atoms with Crippen LogP contribution in [-0.2, 0) is 4.79 Å². The Morgan fingerprint density at radius 3 is 2.71 bits per heavy atom. The minimum absolute atomic E-state index is 0.0381. The van der Waals surface area contributed by atoms with Crippen molar-refractivity contribution in [1.82, 2.24) is 15.5 Å². The molecular formula is C9H16N4O. The molecule has 1 heterocycles. The van der Waals surface area contributed by atoms with Crippen molar-refractivity contribution < 1.29 is 4.79 Å². The lowest BCUT2D eigenvalue weighted by molar-refractivity contribution is -0.118. The van der Waals surface area contributed by atoms with E-state index >= 15 is 0 Å². The number of aromatic amines is 1. The van der Waals surface area contributed by atoms with Crippen molar-refractivity contribution in [3.63, 3.8) is 0 Å². The Kier molecular flexibility index (Phi) is 3.64. The van der Waals surface area contributed by atoms with Crippen LogP contribution in [-0.4, -0.2) is 29.2 Å². The van der Waals surface area contributed by atoms with Gasteiger partial charge in [0.2, 0.25) is 5.91 Å². The van der Waals surface area contributed by atoms with E-state index in [2.05, 4.69) is 20.8 Å². The molecule has 1 aromatic heterocycles. The van der Waals surface area contributed by atoms with E-state index < -0.39 is 0 Å². The third kappa shape index (κ3) is 2.56. The number of hydrogen-bond donors (Lipinski definition) is 3. The van der Waals surface area contributed by atoms with Gasteiger partial charge in [-0.05, 0) is 13.0 Å². The van der Waals surface area contributed by atoms with Crippen LogP contribution < -0.4 is 10.6 Å². The number of carbonyl (C=O) groups excluding carboxylic acids is 1. The topological polar surface area (TPSA) is 69.8 Å². The zero-order chi connectivity index (χ0) is 10.6. The minimum Gasteiger partial charge on any atom is -0.322 e. The van der Waals surface area contributed by atoms with Crippen molar-refractivity contribution in [3.8, 4) is 0 Å². The molecule has 0 radical (unpaired) electrons. The molecular weight excluding hydrogens is 180 g/mol. The molecule has 0 fully saturated rings. The second kappa shape index (κ2) is 4.76. The van der Waals surface area contributed by atoms with Crippen molar-refractivity contribution in [2.45, 2.75) is 19.9 Å². The van der Waals surface area contributed by atoms with E-state index in [9.17, 15) is 4.79 Å². The SMILES string of the molecule is CNC(C(=O)Nc1cn[nH]c1)C(C)C. The van der Waals surface area contributed by atoms with E-state index in [1.54, 1.807) is 19.4 Å².